The van der Waals surface area contributed by atoms with Gasteiger partial charge in [0.15, 0.2) is 9.84 Å². The molecule has 0 saturated carbocycles. The summed E-state index contributed by atoms with van der Waals surface area (Å²) in [7, 11) is -3.24. The number of rotatable bonds is 5. The Labute approximate surface area is 183 Å². The number of carbonyl (C=O) groups excluding carboxylic acids is 1. The third kappa shape index (κ3) is 4.72. The number of anilines is 2. The number of fused-ring (bicyclic) bond motifs is 2. The summed E-state index contributed by atoms with van der Waals surface area (Å²) in [5.41, 5.74) is 2.52. The lowest BCUT2D eigenvalue weighted by atomic mass is 9.98. The van der Waals surface area contributed by atoms with Gasteiger partial charge >= 0.3 is 6.09 Å². The molecule has 0 aliphatic carbocycles. The Balaban J connectivity index is 1.61. The van der Waals surface area contributed by atoms with Crippen LogP contribution in [0.4, 0.5) is 20.7 Å². The van der Waals surface area contributed by atoms with Crippen LogP contribution in [0.2, 0.25) is 0 Å². The molecule has 0 saturated heterocycles. The number of halogens is 1. The number of hydrogen-bond acceptors (Lipinski definition) is 8. The second-order valence-electron chi connectivity index (χ2n) is 7.39. The predicted molar refractivity (Wildman–Crippen MR) is 118 cm³/mol. The highest BCUT2D eigenvalue weighted by atomic mass is 32.2. The van der Waals surface area contributed by atoms with Gasteiger partial charge in [-0.2, -0.15) is 0 Å². The van der Waals surface area contributed by atoms with E-state index in [1.165, 1.54) is 12.3 Å². The molecule has 1 amide bonds. The third-order valence-corrected chi connectivity index (χ3v) is 5.87. The van der Waals surface area contributed by atoms with Crippen molar-refractivity contribution < 1.29 is 27.1 Å². The number of hydrogen-bond donors (Lipinski definition) is 2. The second-order valence-corrected chi connectivity index (χ2v) is 9.65. The van der Waals surface area contributed by atoms with Crippen LogP contribution in [-0.2, 0) is 14.6 Å². The molecule has 32 heavy (non-hydrogen) atoms. The number of aromatic nitrogens is 2. The van der Waals surface area contributed by atoms with Crippen LogP contribution >= 0.6 is 0 Å². The van der Waals surface area contributed by atoms with Crippen LogP contribution < -0.4 is 15.4 Å². The summed E-state index contributed by atoms with van der Waals surface area (Å²) in [4.78, 5) is 20.3. The molecule has 0 bridgehead atoms. The molecule has 2 aromatic heterocycles. The smallest absolute Gasteiger partial charge is 0.412 e. The first-order valence-electron chi connectivity index (χ1n) is 9.79. The van der Waals surface area contributed by atoms with E-state index in [4.69, 9.17) is 9.47 Å². The first-order chi connectivity index (χ1) is 15.2. The van der Waals surface area contributed by atoms with Crippen LogP contribution in [0.25, 0.3) is 21.9 Å². The molecule has 1 aromatic carbocycles. The summed E-state index contributed by atoms with van der Waals surface area (Å²) in [6, 6.07) is 4.61. The van der Waals surface area contributed by atoms with Gasteiger partial charge in [-0.25, -0.2) is 27.6 Å². The van der Waals surface area contributed by atoms with Crippen LogP contribution in [-0.4, -0.2) is 56.2 Å². The maximum atomic E-state index is 14.9. The number of nitrogens with zero attached hydrogens (tertiary/aromatic N) is 2. The average Bonchev–Trinajstić information content (AvgIpc) is 2.73. The van der Waals surface area contributed by atoms with Crippen molar-refractivity contribution in [2.75, 3.05) is 42.4 Å². The molecule has 1 aliphatic heterocycles. The van der Waals surface area contributed by atoms with Crippen LogP contribution in [0.3, 0.4) is 0 Å². The van der Waals surface area contributed by atoms with Crippen LogP contribution in [0.5, 0.6) is 5.88 Å². The van der Waals surface area contributed by atoms with Gasteiger partial charge in [0, 0.05) is 41.7 Å². The van der Waals surface area contributed by atoms with E-state index in [1.807, 2.05) is 6.92 Å². The Kier molecular flexibility index (Phi) is 5.83. The largest absolute Gasteiger partial charge is 0.474 e. The minimum atomic E-state index is -3.24. The average molecular weight is 460 g/mol. The second kappa shape index (κ2) is 8.58. The Morgan fingerprint density at radius 2 is 2.03 bits per heavy atom. The molecular formula is C21H21FN4O5S. The molecule has 0 atom stereocenters. The molecular weight excluding hydrogens is 439 g/mol. The topological polar surface area (TPSA) is 120 Å². The van der Waals surface area contributed by atoms with Crippen LogP contribution in [0.1, 0.15) is 5.56 Å². The maximum Gasteiger partial charge on any atom is 0.412 e. The number of pyridine rings is 2. The highest BCUT2D eigenvalue weighted by molar-refractivity contribution is 7.90. The van der Waals surface area contributed by atoms with Gasteiger partial charge in [-0.3, -0.25) is 5.32 Å². The highest BCUT2D eigenvalue weighted by Gasteiger charge is 2.19. The first kappa shape index (κ1) is 21.8. The molecule has 0 fully saturated rings. The van der Waals surface area contributed by atoms with Crippen molar-refractivity contribution in [1.82, 2.24) is 9.97 Å². The van der Waals surface area contributed by atoms with Crippen LogP contribution in [0, 0.1) is 12.7 Å². The monoisotopic (exact) mass is 460 g/mol. The predicted octanol–water partition coefficient (Wildman–Crippen LogP) is 3.14. The molecule has 0 spiro atoms. The minimum absolute atomic E-state index is 0.190. The number of amides is 1. The van der Waals surface area contributed by atoms with E-state index < -0.39 is 21.7 Å². The lowest BCUT2D eigenvalue weighted by Crippen LogP contribution is -2.20. The summed E-state index contributed by atoms with van der Waals surface area (Å²) >= 11 is 0. The lowest BCUT2D eigenvalue weighted by molar-refractivity contribution is 0.168. The fourth-order valence-corrected chi connectivity index (χ4v) is 3.75. The van der Waals surface area contributed by atoms with Crippen molar-refractivity contribution in [3.63, 3.8) is 0 Å². The zero-order chi connectivity index (χ0) is 22.9. The van der Waals surface area contributed by atoms with Crippen molar-refractivity contribution >= 4 is 38.2 Å². The molecule has 4 rings (SSSR count). The Bertz CT molecular complexity index is 1310. The van der Waals surface area contributed by atoms with Crippen molar-refractivity contribution in [3.8, 4) is 17.0 Å². The van der Waals surface area contributed by atoms with Gasteiger partial charge in [0.05, 0.1) is 5.75 Å². The van der Waals surface area contributed by atoms with Gasteiger partial charge in [-0.15, -0.1) is 0 Å². The fourth-order valence-electron chi connectivity index (χ4n) is 3.36. The Hall–Kier alpha value is -3.47. The highest BCUT2D eigenvalue weighted by Crippen LogP contribution is 2.37. The SMILES string of the molecule is Cc1c(-c2cc3cc(NC(=O)OCCS(C)(=O)=O)ncc3cc2F)cnc2c1NCCO2. The van der Waals surface area contributed by atoms with Crippen LogP contribution in [0.15, 0.2) is 30.6 Å². The standard InChI is InChI=1S/C21H21FN4O5S/c1-12-16(11-25-20-19(12)23-3-4-30-20)15-7-13-9-18(24-10-14(13)8-17(15)22)26-21(27)31-5-6-32(2,28)29/h7-11,23H,3-6H2,1-2H3,(H,24,26,27). The summed E-state index contributed by atoms with van der Waals surface area (Å²) in [6.07, 6.45) is 3.23. The van der Waals surface area contributed by atoms with Crippen molar-refractivity contribution in [2.24, 2.45) is 0 Å². The molecule has 3 aromatic rings. The maximum absolute atomic E-state index is 14.9. The quantitative estimate of drug-likeness (QED) is 0.596. The molecule has 0 radical (unpaired) electrons. The molecule has 11 heteroatoms. The third-order valence-electron chi connectivity index (χ3n) is 4.96. The van der Waals surface area contributed by atoms with Gasteiger partial charge in [0.1, 0.15) is 30.5 Å². The lowest BCUT2D eigenvalue weighted by Gasteiger charge is -2.21. The van der Waals surface area contributed by atoms with Gasteiger partial charge in [-0.1, -0.05) is 0 Å². The number of ether oxygens (including phenoxy) is 2. The molecule has 9 nitrogen and oxygen atoms in total. The van der Waals surface area contributed by atoms with E-state index in [0.717, 1.165) is 17.5 Å². The molecule has 2 N–H and O–H groups in total. The molecule has 168 valence electrons. The normalized spacial score (nSPS) is 13.1. The van der Waals surface area contributed by atoms with E-state index in [9.17, 15) is 17.6 Å². The molecule has 1 aliphatic rings. The molecule has 0 unspecified atom stereocenters. The number of sulfone groups is 1. The summed E-state index contributed by atoms with van der Waals surface area (Å²) < 4.78 is 47.6. The Morgan fingerprint density at radius 1 is 1.22 bits per heavy atom. The number of carbonyl (C=O) groups is 1. The first-order valence-corrected chi connectivity index (χ1v) is 11.8. The van der Waals surface area contributed by atoms with Gasteiger partial charge in [0.25, 0.3) is 0 Å². The summed E-state index contributed by atoms with van der Waals surface area (Å²) in [5.74, 6) is -0.0252. The molecule has 3 heterocycles. The van der Waals surface area contributed by atoms with Gasteiger partial charge in [0.2, 0.25) is 5.88 Å². The Morgan fingerprint density at radius 3 is 2.81 bits per heavy atom. The zero-order valence-electron chi connectivity index (χ0n) is 17.4. The summed E-state index contributed by atoms with van der Waals surface area (Å²) in [5, 5.41) is 6.87. The van der Waals surface area contributed by atoms with E-state index in [-0.39, 0.29) is 18.2 Å². The fraction of sp³-hybridized carbons (Fsp3) is 0.286. The van der Waals surface area contributed by atoms with Crippen molar-refractivity contribution in [1.29, 1.82) is 0 Å². The van der Waals surface area contributed by atoms with E-state index in [2.05, 4.69) is 20.6 Å². The van der Waals surface area contributed by atoms with E-state index >= 15 is 0 Å². The summed E-state index contributed by atoms with van der Waals surface area (Å²) in [6.45, 7) is 2.76. The van der Waals surface area contributed by atoms with Gasteiger partial charge in [-0.05, 0) is 36.1 Å². The van der Waals surface area contributed by atoms with E-state index in [1.54, 1.807) is 18.3 Å². The minimum Gasteiger partial charge on any atom is -0.474 e. The van der Waals surface area contributed by atoms with E-state index in [0.29, 0.717) is 40.9 Å². The number of nitrogens with one attached hydrogen (secondary N) is 2. The van der Waals surface area contributed by atoms with Crippen molar-refractivity contribution in [3.05, 3.63) is 42.0 Å². The van der Waals surface area contributed by atoms with Crippen molar-refractivity contribution in [2.45, 2.75) is 6.92 Å². The van der Waals surface area contributed by atoms with Gasteiger partial charge < -0.3 is 14.8 Å². The zero-order valence-corrected chi connectivity index (χ0v) is 18.3. The number of benzene rings is 1.